The van der Waals surface area contributed by atoms with Crippen LogP contribution in [0.15, 0.2) is 30.5 Å². The molecule has 0 radical (unpaired) electrons. The molecule has 0 fully saturated rings. The van der Waals surface area contributed by atoms with Crippen molar-refractivity contribution in [3.05, 3.63) is 52.8 Å². The van der Waals surface area contributed by atoms with Crippen LogP contribution in [0.3, 0.4) is 0 Å². The molecule has 0 aliphatic heterocycles. The van der Waals surface area contributed by atoms with E-state index in [0.29, 0.717) is 6.54 Å². The maximum atomic E-state index is 10.1. The van der Waals surface area contributed by atoms with Crippen LogP contribution in [0.1, 0.15) is 36.2 Å². The van der Waals surface area contributed by atoms with Gasteiger partial charge in [0, 0.05) is 17.3 Å². The Balaban J connectivity index is 1.66. The lowest BCUT2D eigenvalue weighted by Crippen LogP contribution is -2.15. The molecule has 4 aromatic rings. The fraction of sp³-hybridized carbons (Fsp3) is 0.300. The van der Waals surface area contributed by atoms with Gasteiger partial charge in [-0.25, -0.2) is 0 Å². The molecule has 0 aliphatic carbocycles. The molecule has 1 aromatic carbocycles. The lowest BCUT2D eigenvalue weighted by atomic mass is 9.97. The molecule has 0 aliphatic rings. The number of benzene rings is 1. The monoisotopic (exact) mass is 379 g/mol. The first-order valence-electron chi connectivity index (χ1n) is 8.78. The highest BCUT2D eigenvalue weighted by Crippen LogP contribution is 2.37. The van der Waals surface area contributed by atoms with Crippen LogP contribution in [-0.4, -0.2) is 25.5 Å². The van der Waals surface area contributed by atoms with Crippen molar-refractivity contribution >= 4 is 37.5 Å². The smallest absolute Gasteiger partial charge is 0.167 e. The van der Waals surface area contributed by atoms with Gasteiger partial charge in [-0.05, 0) is 44.4 Å². The van der Waals surface area contributed by atoms with Gasteiger partial charge in [0.1, 0.15) is 4.83 Å². The summed E-state index contributed by atoms with van der Waals surface area (Å²) in [5.74, 6) is 0.749. The van der Waals surface area contributed by atoms with Crippen molar-refractivity contribution in [1.82, 2.24) is 20.4 Å². The van der Waals surface area contributed by atoms with Crippen molar-refractivity contribution in [3.63, 3.8) is 0 Å². The first-order chi connectivity index (χ1) is 12.8. The number of hydrogen-bond donors (Lipinski definition) is 2. The molecule has 0 amide bonds. The Kier molecular flexibility index (Phi) is 4.28. The molecule has 27 heavy (non-hydrogen) atoms. The summed E-state index contributed by atoms with van der Waals surface area (Å²) in [5.41, 5.74) is 3.22. The van der Waals surface area contributed by atoms with Crippen LogP contribution in [0.4, 0.5) is 5.82 Å². The zero-order chi connectivity index (χ0) is 19.2. The Morgan fingerprint density at radius 3 is 2.52 bits per heavy atom. The topological polar surface area (TPSA) is 83.8 Å². The van der Waals surface area contributed by atoms with Crippen LogP contribution in [0.25, 0.3) is 20.3 Å². The predicted molar refractivity (Wildman–Crippen MR) is 109 cm³/mol. The molecule has 3 heterocycles. The van der Waals surface area contributed by atoms with E-state index in [9.17, 15) is 5.11 Å². The summed E-state index contributed by atoms with van der Waals surface area (Å²) in [6.07, 6.45) is 1.80. The Morgan fingerprint density at radius 2 is 1.81 bits per heavy atom. The molecule has 6 nitrogen and oxygen atoms in total. The first-order valence-corrected chi connectivity index (χ1v) is 9.59. The highest BCUT2D eigenvalue weighted by Gasteiger charge is 2.16. The van der Waals surface area contributed by atoms with E-state index in [0.717, 1.165) is 48.5 Å². The molecule has 0 spiro atoms. The molecule has 0 atom stereocenters. The van der Waals surface area contributed by atoms with E-state index in [4.69, 9.17) is 0 Å². The van der Waals surface area contributed by atoms with Crippen molar-refractivity contribution in [1.29, 1.82) is 0 Å². The molecule has 4 rings (SSSR count). The summed E-state index contributed by atoms with van der Waals surface area (Å²) in [5, 5.41) is 32.6. The number of aromatic nitrogens is 4. The number of fused-ring (bicyclic) bond motifs is 3. The van der Waals surface area contributed by atoms with Crippen molar-refractivity contribution < 1.29 is 5.11 Å². The van der Waals surface area contributed by atoms with Crippen LogP contribution in [0, 0.1) is 13.8 Å². The van der Waals surface area contributed by atoms with Crippen molar-refractivity contribution in [3.8, 4) is 0 Å². The van der Waals surface area contributed by atoms with Gasteiger partial charge in [-0.15, -0.1) is 21.5 Å². The van der Waals surface area contributed by atoms with E-state index in [1.807, 2.05) is 31.2 Å². The number of anilines is 1. The summed E-state index contributed by atoms with van der Waals surface area (Å²) >= 11 is 1.58. The number of nitrogens with one attached hydrogen (secondary N) is 1. The molecular weight excluding hydrogens is 358 g/mol. The van der Waals surface area contributed by atoms with Crippen molar-refractivity contribution in [2.24, 2.45) is 0 Å². The average molecular weight is 379 g/mol. The van der Waals surface area contributed by atoms with Gasteiger partial charge in [0.25, 0.3) is 0 Å². The number of rotatable bonds is 4. The van der Waals surface area contributed by atoms with Gasteiger partial charge in [-0.2, -0.15) is 10.2 Å². The maximum absolute atomic E-state index is 10.1. The zero-order valence-corrected chi connectivity index (χ0v) is 16.6. The van der Waals surface area contributed by atoms with Crippen LogP contribution >= 0.6 is 11.3 Å². The summed E-state index contributed by atoms with van der Waals surface area (Å²) in [6.45, 7) is 8.22. The van der Waals surface area contributed by atoms with E-state index >= 15 is 0 Å². The molecule has 3 aromatic heterocycles. The Labute approximate surface area is 161 Å². The van der Waals surface area contributed by atoms with E-state index in [2.05, 4.69) is 32.6 Å². The van der Waals surface area contributed by atoms with Gasteiger partial charge >= 0.3 is 0 Å². The van der Waals surface area contributed by atoms with E-state index in [-0.39, 0.29) is 0 Å². The Bertz CT molecular complexity index is 1130. The maximum Gasteiger partial charge on any atom is 0.167 e. The van der Waals surface area contributed by atoms with Gasteiger partial charge in [-0.1, -0.05) is 24.3 Å². The number of aliphatic hydroxyl groups is 1. The molecule has 2 N–H and O–H groups in total. The molecule has 0 saturated carbocycles. The standard InChI is InChI=1S/C20H21N5OS/c1-11-12(2)23-25-19-16(11)15-10-22-24-18(17(15)27-19)21-9-13-5-7-14(8-6-13)20(3,4)26/h5-8,10,26H,9H2,1-4H3,(H,21,24). The fourth-order valence-corrected chi connectivity index (χ4v) is 4.18. The molecule has 138 valence electrons. The van der Waals surface area contributed by atoms with Gasteiger partial charge < -0.3 is 10.4 Å². The fourth-order valence-electron chi connectivity index (χ4n) is 3.06. The van der Waals surface area contributed by atoms with Crippen molar-refractivity contribution in [2.75, 3.05) is 5.32 Å². The minimum atomic E-state index is -0.836. The average Bonchev–Trinajstić information content (AvgIpc) is 3.02. The molecule has 0 unspecified atom stereocenters. The normalized spacial score (nSPS) is 12.0. The van der Waals surface area contributed by atoms with E-state index < -0.39 is 5.60 Å². The van der Waals surface area contributed by atoms with Crippen LogP contribution in [-0.2, 0) is 12.1 Å². The van der Waals surface area contributed by atoms with E-state index in [1.165, 1.54) is 0 Å². The molecule has 7 heteroatoms. The summed E-state index contributed by atoms with van der Waals surface area (Å²) in [4.78, 5) is 0.903. The lowest BCUT2D eigenvalue weighted by Gasteiger charge is -2.18. The predicted octanol–water partition coefficient (Wildman–Crippen LogP) is 4.09. The molecular formula is C20H21N5OS. The first kappa shape index (κ1) is 17.8. The lowest BCUT2D eigenvalue weighted by molar-refractivity contribution is 0.0786. The Hall–Kier alpha value is -2.64. The third-order valence-electron chi connectivity index (χ3n) is 4.82. The third kappa shape index (κ3) is 3.24. The Morgan fingerprint density at radius 1 is 1.07 bits per heavy atom. The quantitative estimate of drug-likeness (QED) is 0.556. The number of hydrogen-bond acceptors (Lipinski definition) is 7. The second-order valence-corrected chi connectivity index (χ2v) is 8.24. The van der Waals surface area contributed by atoms with Crippen molar-refractivity contribution in [2.45, 2.75) is 39.8 Å². The van der Waals surface area contributed by atoms with E-state index in [1.54, 1.807) is 31.4 Å². The van der Waals surface area contributed by atoms with Crippen LogP contribution in [0.2, 0.25) is 0 Å². The number of nitrogens with zero attached hydrogens (tertiary/aromatic N) is 4. The minimum absolute atomic E-state index is 0.623. The highest BCUT2D eigenvalue weighted by molar-refractivity contribution is 7.26. The second kappa shape index (κ2) is 6.51. The summed E-state index contributed by atoms with van der Waals surface area (Å²) < 4.78 is 1.04. The van der Waals surface area contributed by atoms with Crippen LogP contribution < -0.4 is 5.32 Å². The van der Waals surface area contributed by atoms with Gasteiger partial charge in [-0.3, -0.25) is 0 Å². The summed E-state index contributed by atoms with van der Waals surface area (Å²) in [7, 11) is 0. The summed E-state index contributed by atoms with van der Waals surface area (Å²) in [6, 6.07) is 7.92. The highest BCUT2D eigenvalue weighted by atomic mass is 32.1. The zero-order valence-electron chi connectivity index (χ0n) is 15.7. The van der Waals surface area contributed by atoms with Gasteiger partial charge in [0.15, 0.2) is 5.82 Å². The third-order valence-corrected chi connectivity index (χ3v) is 5.91. The number of aryl methyl sites for hydroxylation is 2. The van der Waals surface area contributed by atoms with Gasteiger partial charge in [0.05, 0.1) is 22.2 Å². The SMILES string of the molecule is Cc1nnc2sc3c(NCc4ccc(C(C)(C)O)cc4)nncc3c2c1C. The minimum Gasteiger partial charge on any atom is -0.386 e. The number of thiophene rings is 1. The molecule has 0 bridgehead atoms. The molecule has 0 saturated heterocycles. The second-order valence-electron chi connectivity index (χ2n) is 7.24. The van der Waals surface area contributed by atoms with Crippen LogP contribution in [0.5, 0.6) is 0 Å². The largest absolute Gasteiger partial charge is 0.386 e. The van der Waals surface area contributed by atoms with Gasteiger partial charge in [0.2, 0.25) is 0 Å².